The number of benzene rings is 1. The van der Waals surface area contributed by atoms with Crippen molar-refractivity contribution in [3.8, 4) is 0 Å². The second-order valence-electron chi connectivity index (χ2n) is 4.80. The summed E-state index contributed by atoms with van der Waals surface area (Å²) in [6, 6.07) is 10.0. The minimum absolute atomic E-state index is 0.142. The highest BCUT2D eigenvalue weighted by molar-refractivity contribution is 5.21. The summed E-state index contributed by atoms with van der Waals surface area (Å²) in [5.41, 5.74) is 3.22. The molecule has 92 valence electrons. The summed E-state index contributed by atoms with van der Waals surface area (Å²) < 4.78 is 1.72. The molecule has 0 fully saturated rings. The van der Waals surface area contributed by atoms with Crippen LogP contribution in [0.1, 0.15) is 29.7 Å². The second kappa shape index (κ2) is 4.77. The predicted molar refractivity (Wildman–Crippen MR) is 70.7 cm³/mol. The van der Waals surface area contributed by atoms with E-state index in [1.807, 2.05) is 30.3 Å². The SMILES string of the molecule is O=c1c2c(ncn1Cc1ccccc1)CCCC2. The van der Waals surface area contributed by atoms with Crippen molar-refractivity contribution in [2.45, 2.75) is 32.2 Å². The van der Waals surface area contributed by atoms with Crippen LogP contribution in [0.3, 0.4) is 0 Å². The number of aryl methyl sites for hydroxylation is 1. The number of fused-ring (bicyclic) bond motifs is 1. The van der Waals surface area contributed by atoms with Gasteiger partial charge < -0.3 is 0 Å². The first-order chi connectivity index (χ1) is 8.84. The predicted octanol–water partition coefficient (Wildman–Crippen LogP) is 2.17. The zero-order chi connectivity index (χ0) is 12.4. The van der Waals surface area contributed by atoms with Crippen LogP contribution < -0.4 is 5.56 Å². The molecule has 3 rings (SSSR count). The molecular formula is C15H16N2O. The van der Waals surface area contributed by atoms with Gasteiger partial charge in [-0.15, -0.1) is 0 Å². The molecule has 3 nitrogen and oxygen atoms in total. The van der Waals surface area contributed by atoms with Crippen LogP contribution in [0.25, 0.3) is 0 Å². The van der Waals surface area contributed by atoms with Gasteiger partial charge >= 0.3 is 0 Å². The molecule has 0 spiro atoms. The van der Waals surface area contributed by atoms with Gasteiger partial charge in [0.05, 0.1) is 18.6 Å². The molecule has 0 unspecified atom stereocenters. The van der Waals surface area contributed by atoms with Gasteiger partial charge in [0.25, 0.3) is 5.56 Å². The average Bonchev–Trinajstić information content (AvgIpc) is 2.43. The van der Waals surface area contributed by atoms with Crippen LogP contribution >= 0.6 is 0 Å². The lowest BCUT2D eigenvalue weighted by Crippen LogP contribution is -2.28. The van der Waals surface area contributed by atoms with E-state index in [1.165, 1.54) is 0 Å². The van der Waals surface area contributed by atoms with Gasteiger partial charge in [-0.3, -0.25) is 9.36 Å². The number of rotatable bonds is 2. The van der Waals surface area contributed by atoms with Crippen molar-refractivity contribution >= 4 is 0 Å². The van der Waals surface area contributed by atoms with Crippen LogP contribution in [0.2, 0.25) is 0 Å². The molecule has 0 N–H and O–H groups in total. The van der Waals surface area contributed by atoms with Gasteiger partial charge in [0.15, 0.2) is 0 Å². The summed E-state index contributed by atoms with van der Waals surface area (Å²) in [5, 5.41) is 0. The molecule has 1 aliphatic carbocycles. The lowest BCUT2D eigenvalue weighted by atomic mass is 9.97. The van der Waals surface area contributed by atoms with E-state index < -0.39 is 0 Å². The average molecular weight is 240 g/mol. The van der Waals surface area contributed by atoms with E-state index >= 15 is 0 Å². The summed E-state index contributed by atoms with van der Waals surface area (Å²) in [4.78, 5) is 16.8. The van der Waals surface area contributed by atoms with Crippen LogP contribution in [-0.2, 0) is 19.4 Å². The molecule has 3 heteroatoms. The number of aromatic nitrogens is 2. The number of hydrogen-bond donors (Lipinski definition) is 0. The Labute approximate surface area is 106 Å². The second-order valence-corrected chi connectivity index (χ2v) is 4.80. The van der Waals surface area contributed by atoms with E-state index in [4.69, 9.17) is 0 Å². The van der Waals surface area contributed by atoms with Gasteiger partial charge in [0.2, 0.25) is 0 Å². The third-order valence-electron chi connectivity index (χ3n) is 3.51. The highest BCUT2D eigenvalue weighted by Crippen LogP contribution is 2.15. The van der Waals surface area contributed by atoms with Crippen molar-refractivity contribution in [3.05, 3.63) is 63.8 Å². The Morgan fingerprint density at radius 2 is 1.89 bits per heavy atom. The maximum absolute atomic E-state index is 12.3. The Balaban J connectivity index is 1.96. The quantitative estimate of drug-likeness (QED) is 0.806. The molecule has 1 aromatic heterocycles. The molecular weight excluding hydrogens is 224 g/mol. The minimum atomic E-state index is 0.142. The van der Waals surface area contributed by atoms with Gasteiger partial charge in [-0.2, -0.15) is 0 Å². The Kier molecular flexibility index (Phi) is 2.97. The summed E-state index contributed by atoms with van der Waals surface area (Å²) >= 11 is 0. The number of hydrogen-bond acceptors (Lipinski definition) is 2. The Morgan fingerprint density at radius 1 is 1.11 bits per heavy atom. The molecule has 0 amide bonds. The maximum Gasteiger partial charge on any atom is 0.257 e. The van der Waals surface area contributed by atoms with Crippen LogP contribution in [0.15, 0.2) is 41.5 Å². The molecule has 0 saturated heterocycles. The first-order valence-electron chi connectivity index (χ1n) is 6.46. The zero-order valence-corrected chi connectivity index (χ0v) is 10.3. The smallest absolute Gasteiger partial charge is 0.257 e. The maximum atomic E-state index is 12.3. The van der Waals surface area contributed by atoms with E-state index in [-0.39, 0.29) is 5.56 Å². The van der Waals surface area contributed by atoms with Gasteiger partial charge in [0, 0.05) is 5.56 Å². The lowest BCUT2D eigenvalue weighted by Gasteiger charge is -2.15. The first-order valence-corrected chi connectivity index (χ1v) is 6.46. The van der Waals surface area contributed by atoms with Gasteiger partial charge in [0.1, 0.15) is 0 Å². The van der Waals surface area contributed by atoms with Crippen molar-refractivity contribution in [3.63, 3.8) is 0 Å². The minimum Gasteiger partial charge on any atom is -0.295 e. The highest BCUT2D eigenvalue weighted by Gasteiger charge is 2.15. The van der Waals surface area contributed by atoms with E-state index in [0.29, 0.717) is 6.54 Å². The van der Waals surface area contributed by atoms with Gasteiger partial charge in [-0.25, -0.2) is 4.98 Å². The molecule has 0 atom stereocenters. The Morgan fingerprint density at radius 3 is 2.72 bits per heavy atom. The molecule has 1 aliphatic rings. The highest BCUT2D eigenvalue weighted by atomic mass is 16.1. The van der Waals surface area contributed by atoms with Crippen LogP contribution in [0.5, 0.6) is 0 Å². The van der Waals surface area contributed by atoms with Crippen LogP contribution in [0, 0.1) is 0 Å². The Hall–Kier alpha value is -1.90. The largest absolute Gasteiger partial charge is 0.295 e. The fourth-order valence-electron chi connectivity index (χ4n) is 2.52. The van der Waals surface area contributed by atoms with Crippen molar-refractivity contribution in [2.75, 3.05) is 0 Å². The molecule has 18 heavy (non-hydrogen) atoms. The number of nitrogens with zero attached hydrogens (tertiary/aromatic N) is 2. The van der Waals surface area contributed by atoms with Gasteiger partial charge in [-0.05, 0) is 31.2 Å². The summed E-state index contributed by atoms with van der Waals surface area (Å²) in [6.07, 6.45) is 5.80. The van der Waals surface area contributed by atoms with E-state index in [0.717, 1.165) is 42.5 Å². The van der Waals surface area contributed by atoms with E-state index in [9.17, 15) is 4.79 Å². The Bertz CT molecular complexity index is 602. The summed E-state index contributed by atoms with van der Waals surface area (Å²) in [7, 11) is 0. The third kappa shape index (κ3) is 2.08. The standard InChI is InChI=1S/C15H16N2O/c18-15-13-8-4-5-9-14(13)16-11-17(15)10-12-6-2-1-3-7-12/h1-3,6-7,11H,4-5,8-10H2. The van der Waals surface area contributed by atoms with Gasteiger partial charge in [-0.1, -0.05) is 30.3 Å². The van der Waals surface area contributed by atoms with Crippen LogP contribution in [-0.4, -0.2) is 9.55 Å². The molecule has 0 aliphatic heterocycles. The summed E-state index contributed by atoms with van der Waals surface area (Å²) in [5.74, 6) is 0. The zero-order valence-electron chi connectivity index (χ0n) is 10.3. The molecule has 0 bridgehead atoms. The summed E-state index contributed by atoms with van der Waals surface area (Å²) in [6.45, 7) is 0.611. The normalized spacial score (nSPS) is 14.2. The fourth-order valence-corrected chi connectivity index (χ4v) is 2.52. The molecule has 0 radical (unpaired) electrons. The molecule has 1 aromatic carbocycles. The lowest BCUT2D eigenvalue weighted by molar-refractivity contribution is 0.623. The van der Waals surface area contributed by atoms with Crippen molar-refractivity contribution in [2.24, 2.45) is 0 Å². The first kappa shape index (κ1) is 11.2. The van der Waals surface area contributed by atoms with E-state index in [2.05, 4.69) is 4.98 Å². The topological polar surface area (TPSA) is 34.9 Å². The monoisotopic (exact) mass is 240 g/mol. The molecule has 0 saturated carbocycles. The third-order valence-corrected chi connectivity index (χ3v) is 3.51. The van der Waals surface area contributed by atoms with Crippen molar-refractivity contribution < 1.29 is 0 Å². The van der Waals surface area contributed by atoms with E-state index in [1.54, 1.807) is 10.9 Å². The van der Waals surface area contributed by atoms with Crippen molar-refractivity contribution in [1.29, 1.82) is 0 Å². The van der Waals surface area contributed by atoms with Crippen molar-refractivity contribution in [1.82, 2.24) is 9.55 Å². The molecule has 1 heterocycles. The van der Waals surface area contributed by atoms with Crippen LogP contribution in [0.4, 0.5) is 0 Å². The fraction of sp³-hybridized carbons (Fsp3) is 0.333. The molecule has 2 aromatic rings.